The standard InChI is InChI=1S/C63H121NO5/c1-3-5-7-9-11-13-15-16-32-36-39-43-47-51-55-61(66)60(59-65)64-62(67)56-52-48-44-40-37-33-30-28-26-24-22-20-18-17-19-21-23-25-27-29-31-34-38-42-46-50-54-58-69-63(68)57-53-49-45-41-35-14-12-10-8-6-4-2/h10,12,17-18,60-61,65-66H,3-9,11,13-16,19-59H2,1-2H3,(H,64,67)/b12-10-,18-17-. The molecule has 2 atom stereocenters. The van der Waals surface area contributed by atoms with Crippen molar-refractivity contribution in [3.8, 4) is 0 Å². The van der Waals surface area contributed by atoms with Crippen LogP contribution >= 0.6 is 0 Å². The molecule has 0 aliphatic rings. The molecule has 0 aliphatic carbocycles. The fourth-order valence-electron chi connectivity index (χ4n) is 9.68. The Morgan fingerprint density at radius 2 is 0.696 bits per heavy atom. The number of aliphatic hydroxyl groups is 2. The first-order chi connectivity index (χ1) is 34.0. The Balaban J connectivity index is 3.38. The topological polar surface area (TPSA) is 95.9 Å². The fourth-order valence-corrected chi connectivity index (χ4v) is 9.68. The van der Waals surface area contributed by atoms with Crippen LogP contribution in [0.4, 0.5) is 0 Å². The average Bonchev–Trinajstić information content (AvgIpc) is 3.35. The van der Waals surface area contributed by atoms with Gasteiger partial charge in [0.1, 0.15) is 0 Å². The van der Waals surface area contributed by atoms with Gasteiger partial charge in [0, 0.05) is 12.8 Å². The van der Waals surface area contributed by atoms with Gasteiger partial charge in [-0.25, -0.2) is 0 Å². The quantitative estimate of drug-likeness (QED) is 0.0321. The number of allylic oxidation sites excluding steroid dienone is 4. The van der Waals surface area contributed by atoms with Crippen LogP contribution in [-0.2, 0) is 14.3 Å². The summed E-state index contributed by atoms with van der Waals surface area (Å²) in [7, 11) is 0. The van der Waals surface area contributed by atoms with Gasteiger partial charge in [0.05, 0.1) is 25.4 Å². The van der Waals surface area contributed by atoms with E-state index < -0.39 is 12.1 Å². The molecule has 0 spiro atoms. The van der Waals surface area contributed by atoms with Crippen LogP contribution in [0.1, 0.15) is 341 Å². The monoisotopic (exact) mass is 972 g/mol. The number of hydrogen-bond donors (Lipinski definition) is 3. The van der Waals surface area contributed by atoms with Crippen molar-refractivity contribution in [1.82, 2.24) is 5.32 Å². The number of aliphatic hydroxyl groups excluding tert-OH is 2. The minimum atomic E-state index is -0.664. The third kappa shape index (κ3) is 55.5. The zero-order valence-corrected chi connectivity index (χ0v) is 46.6. The second-order valence-corrected chi connectivity index (χ2v) is 21.4. The largest absolute Gasteiger partial charge is 0.466 e. The molecule has 0 fully saturated rings. The van der Waals surface area contributed by atoms with E-state index in [-0.39, 0.29) is 18.5 Å². The molecule has 1 amide bonds. The van der Waals surface area contributed by atoms with Gasteiger partial charge in [-0.1, -0.05) is 282 Å². The van der Waals surface area contributed by atoms with Crippen LogP contribution in [0.2, 0.25) is 0 Å². The lowest BCUT2D eigenvalue weighted by atomic mass is 10.0. The summed E-state index contributed by atoms with van der Waals surface area (Å²) < 4.78 is 5.46. The summed E-state index contributed by atoms with van der Waals surface area (Å²) in [6.45, 7) is 4.93. The molecule has 6 heteroatoms. The SMILES string of the molecule is CCCC/C=C\CCCCCCCC(=O)OCCCCCCCCCCCCCC/C=C\CCCCCCCCCCCCCC(=O)NC(CO)C(O)CCCCCCCCCCCCCCCC. The van der Waals surface area contributed by atoms with Crippen LogP contribution in [0.25, 0.3) is 0 Å². The first-order valence-electron chi connectivity index (χ1n) is 31.1. The third-order valence-electron chi connectivity index (χ3n) is 14.5. The van der Waals surface area contributed by atoms with Gasteiger partial charge in [0.15, 0.2) is 0 Å². The smallest absolute Gasteiger partial charge is 0.305 e. The van der Waals surface area contributed by atoms with Crippen LogP contribution in [0.5, 0.6) is 0 Å². The summed E-state index contributed by atoms with van der Waals surface area (Å²) in [5, 5.41) is 23.3. The van der Waals surface area contributed by atoms with E-state index in [1.54, 1.807) is 0 Å². The number of nitrogens with one attached hydrogen (secondary N) is 1. The van der Waals surface area contributed by atoms with E-state index in [0.717, 1.165) is 44.9 Å². The number of carbonyl (C=O) groups is 2. The molecule has 0 rings (SSSR count). The molecule has 0 aromatic rings. The predicted molar refractivity (Wildman–Crippen MR) is 301 cm³/mol. The average molecular weight is 973 g/mol. The van der Waals surface area contributed by atoms with Crippen molar-refractivity contribution < 1.29 is 24.5 Å². The molecule has 6 nitrogen and oxygen atoms in total. The van der Waals surface area contributed by atoms with Crippen molar-refractivity contribution >= 4 is 11.9 Å². The Hall–Kier alpha value is -1.66. The minimum absolute atomic E-state index is 0.00415. The van der Waals surface area contributed by atoms with Gasteiger partial charge in [-0.2, -0.15) is 0 Å². The van der Waals surface area contributed by atoms with E-state index in [9.17, 15) is 19.8 Å². The number of ether oxygens (including phenoxy) is 1. The van der Waals surface area contributed by atoms with Crippen LogP contribution in [-0.4, -0.2) is 47.4 Å². The Bertz CT molecular complexity index is 1080. The van der Waals surface area contributed by atoms with Gasteiger partial charge in [0.25, 0.3) is 0 Å². The maximum absolute atomic E-state index is 12.5. The molecular weight excluding hydrogens is 851 g/mol. The summed E-state index contributed by atoms with van der Waals surface area (Å²) in [4.78, 5) is 24.5. The predicted octanol–water partition coefficient (Wildman–Crippen LogP) is 19.4. The molecule has 0 saturated carbocycles. The van der Waals surface area contributed by atoms with Gasteiger partial charge in [-0.05, 0) is 70.6 Å². The Morgan fingerprint density at radius 3 is 1.07 bits per heavy atom. The maximum Gasteiger partial charge on any atom is 0.305 e. The van der Waals surface area contributed by atoms with Crippen molar-refractivity contribution in [3.05, 3.63) is 24.3 Å². The number of esters is 1. The number of rotatable bonds is 58. The van der Waals surface area contributed by atoms with E-state index in [1.165, 1.54) is 263 Å². The molecule has 0 heterocycles. The van der Waals surface area contributed by atoms with Crippen LogP contribution < -0.4 is 5.32 Å². The van der Waals surface area contributed by atoms with E-state index in [4.69, 9.17) is 4.74 Å². The van der Waals surface area contributed by atoms with Gasteiger partial charge in [-0.3, -0.25) is 9.59 Å². The summed E-state index contributed by atoms with van der Waals surface area (Å²) in [5.41, 5.74) is 0. The minimum Gasteiger partial charge on any atom is -0.466 e. The third-order valence-corrected chi connectivity index (χ3v) is 14.5. The number of hydrogen-bond acceptors (Lipinski definition) is 5. The molecule has 3 N–H and O–H groups in total. The molecule has 69 heavy (non-hydrogen) atoms. The lowest BCUT2D eigenvalue weighted by Crippen LogP contribution is -2.45. The first kappa shape index (κ1) is 67.3. The zero-order valence-electron chi connectivity index (χ0n) is 46.6. The second kappa shape index (κ2) is 58.9. The van der Waals surface area contributed by atoms with Crippen LogP contribution in [0.3, 0.4) is 0 Å². The molecule has 0 bridgehead atoms. The van der Waals surface area contributed by atoms with Crippen LogP contribution in [0, 0.1) is 0 Å². The molecule has 408 valence electrons. The second-order valence-electron chi connectivity index (χ2n) is 21.4. The van der Waals surface area contributed by atoms with E-state index in [2.05, 4.69) is 43.5 Å². The normalized spacial score (nSPS) is 12.7. The van der Waals surface area contributed by atoms with Gasteiger partial charge in [-0.15, -0.1) is 0 Å². The molecule has 2 unspecified atom stereocenters. The van der Waals surface area contributed by atoms with Crippen molar-refractivity contribution in [1.29, 1.82) is 0 Å². The first-order valence-corrected chi connectivity index (χ1v) is 31.1. The van der Waals surface area contributed by atoms with E-state index >= 15 is 0 Å². The maximum atomic E-state index is 12.5. The summed E-state index contributed by atoms with van der Waals surface area (Å²) >= 11 is 0. The fraction of sp³-hybridized carbons (Fsp3) is 0.905. The number of unbranched alkanes of at least 4 members (excludes halogenated alkanes) is 43. The molecule has 0 aromatic heterocycles. The Morgan fingerprint density at radius 1 is 0.391 bits per heavy atom. The van der Waals surface area contributed by atoms with Gasteiger partial charge >= 0.3 is 5.97 Å². The number of carbonyl (C=O) groups excluding carboxylic acids is 2. The lowest BCUT2D eigenvalue weighted by Gasteiger charge is -2.22. The van der Waals surface area contributed by atoms with Crippen molar-refractivity contribution in [3.63, 3.8) is 0 Å². The van der Waals surface area contributed by atoms with Crippen molar-refractivity contribution in [2.24, 2.45) is 0 Å². The molecule has 0 saturated heterocycles. The van der Waals surface area contributed by atoms with Crippen molar-refractivity contribution in [2.75, 3.05) is 13.2 Å². The van der Waals surface area contributed by atoms with Gasteiger partial charge in [0.2, 0.25) is 5.91 Å². The molecule has 0 aliphatic heterocycles. The summed E-state index contributed by atoms with van der Waals surface area (Å²) in [6.07, 6.45) is 71.9. The van der Waals surface area contributed by atoms with Crippen LogP contribution in [0.15, 0.2) is 24.3 Å². The number of amides is 1. The molecular formula is C63H121NO5. The van der Waals surface area contributed by atoms with E-state index in [0.29, 0.717) is 25.9 Å². The summed E-state index contributed by atoms with van der Waals surface area (Å²) in [6, 6.07) is -0.541. The molecule has 0 radical (unpaired) electrons. The lowest BCUT2D eigenvalue weighted by molar-refractivity contribution is -0.143. The van der Waals surface area contributed by atoms with Crippen molar-refractivity contribution in [2.45, 2.75) is 353 Å². The zero-order chi connectivity index (χ0) is 50.0. The highest BCUT2D eigenvalue weighted by Gasteiger charge is 2.20. The highest BCUT2D eigenvalue weighted by atomic mass is 16.5. The molecule has 0 aromatic carbocycles. The highest BCUT2D eigenvalue weighted by Crippen LogP contribution is 2.18. The summed E-state index contributed by atoms with van der Waals surface area (Å²) in [5.74, 6) is -0.0301. The Labute approximate surface area is 431 Å². The van der Waals surface area contributed by atoms with E-state index in [1.807, 2.05) is 0 Å². The highest BCUT2D eigenvalue weighted by molar-refractivity contribution is 5.76. The Kier molecular flexibility index (Phi) is 57.5. The van der Waals surface area contributed by atoms with Gasteiger partial charge < -0.3 is 20.3 Å².